The number of amides is 3. The Kier molecular flexibility index (Phi) is 5.83. The first-order valence-corrected chi connectivity index (χ1v) is 12.1. The van der Waals surface area contributed by atoms with Gasteiger partial charge >= 0.3 is 0 Å². The maximum atomic E-state index is 13.4. The van der Waals surface area contributed by atoms with E-state index in [9.17, 15) is 18.8 Å². The molecule has 4 heterocycles. The van der Waals surface area contributed by atoms with E-state index in [1.807, 2.05) is 11.5 Å². The minimum absolute atomic E-state index is 0.154. The molecule has 2 aromatic heterocycles. The second kappa shape index (κ2) is 8.84. The predicted molar refractivity (Wildman–Crippen MR) is 126 cm³/mol. The topological polar surface area (TPSA) is 113 Å². The van der Waals surface area contributed by atoms with Crippen LogP contribution in [0.25, 0.3) is 10.8 Å². The number of hydrogen-bond donors (Lipinski definition) is 1. The maximum absolute atomic E-state index is 13.4. The van der Waals surface area contributed by atoms with Crippen molar-refractivity contribution in [1.29, 1.82) is 0 Å². The van der Waals surface area contributed by atoms with Gasteiger partial charge in [0.1, 0.15) is 11.6 Å². The van der Waals surface area contributed by atoms with Crippen LogP contribution >= 0.6 is 11.5 Å². The van der Waals surface area contributed by atoms with Gasteiger partial charge in [0.15, 0.2) is 16.6 Å². The number of carbonyl (C=O) groups is 3. The van der Waals surface area contributed by atoms with Gasteiger partial charge in [-0.05, 0) is 49.6 Å². The average Bonchev–Trinajstić information content (AvgIpc) is 3.50. The molecule has 2 atom stereocenters. The Morgan fingerprint density at radius 1 is 1.17 bits per heavy atom. The molecule has 2 aliphatic heterocycles. The highest BCUT2D eigenvalue weighted by Crippen LogP contribution is 2.39. The van der Waals surface area contributed by atoms with Gasteiger partial charge in [-0.25, -0.2) is 14.4 Å². The third-order valence-electron chi connectivity index (χ3n) is 6.27. The fourth-order valence-electron chi connectivity index (χ4n) is 4.72. The minimum Gasteiger partial charge on any atom is -0.351 e. The van der Waals surface area contributed by atoms with Crippen molar-refractivity contribution < 1.29 is 18.8 Å². The molecule has 5 rings (SSSR count). The van der Waals surface area contributed by atoms with Crippen LogP contribution in [0.2, 0.25) is 0 Å². The van der Waals surface area contributed by atoms with Gasteiger partial charge < -0.3 is 14.8 Å². The smallest absolute Gasteiger partial charge is 0.254 e. The SMILES string of the molecule is CC(=O)N[C@@H]1CC(=O)N(c2nc(-c3nc(C)ns3)n3c2[C@@H](C)N(C(=O)c2ccc(F)cc2)CC3)C1. The molecule has 10 nitrogen and oxygen atoms in total. The van der Waals surface area contributed by atoms with Gasteiger partial charge in [0, 0.05) is 38.5 Å². The molecule has 182 valence electrons. The van der Waals surface area contributed by atoms with Crippen LogP contribution in [0.3, 0.4) is 0 Å². The lowest BCUT2D eigenvalue weighted by molar-refractivity contribution is -0.119. The van der Waals surface area contributed by atoms with Gasteiger partial charge in [-0.3, -0.25) is 19.3 Å². The number of hydrogen-bond acceptors (Lipinski definition) is 7. The van der Waals surface area contributed by atoms with Gasteiger partial charge in [0.2, 0.25) is 11.8 Å². The molecule has 0 radical (unpaired) electrons. The molecule has 1 aromatic carbocycles. The number of nitrogens with one attached hydrogen (secondary N) is 1. The normalized spacial score (nSPS) is 19.7. The number of aromatic nitrogens is 4. The largest absolute Gasteiger partial charge is 0.351 e. The number of benzene rings is 1. The molecule has 12 heteroatoms. The molecular formula is C23H24FN7O3S. The molecule has 35 heavy (non-hydrogen) atoms. The molecule has 0 bridgehead atoms. The average molecular weight is 498 g/mol. The van der Waals surface area contributed by atoms with Crippen molar-refractivity contribution in [2.24, 2.45) is 0 Å². The summed E-state index contributed by atoms with van der Waals surface area (Å²) in [4.78, 5) is 50.4. The van der Waals surface area contributed by atoms with Crippen molar-refractivity contribution in [3.8, 4) is 10.8 Å². The number of aryl methyl sites for hydroxylation is 1. The van der Waals surface area contributed by atoms with Crippen molar-refractivity contribution in [3.63, 3.8) is 0 Å². The zero-order chi connectivity index (χ0) is 24.9. The molecule has 0 unspecified atom stereocenters. The molecule has 3 aromatic rings. The Labute approximate surface area is 204 Å². The Morgan fingerprint density at radius 3 is 2.57 bits per heavy atom. The van der Waals surface area contributed by atoms with Crippen molar-refractivity contribution in [2.75, 3.05) is 18.0 Å². The van der Waals surface area contributed by atoms with E-state index < -0.39 is 11.9 Å². The standard InChI is InChI=1S/C23H24FN7O3S/c1-12-19-20(31-11-17(10-18(31)33)26-14(3)32)27-21(22-25-13(2)28-35-22)30(19)9-8-29(12)23(34)15-4-6-16(24)7-5-15/h4-7,12,17H,8-11H2,1-3H3,(H,26,32)/t12-,17-/m1/s1. The van der Waals surface area contributed by atoms with E-state index >= 15 is 0 Å². The molecule has 1 fully saturated rings. The molecule has 3 amide bonds. The molecular weight excluding hydrogens is 473 g/mol. The number of imidazole rings is 1. The summed E-state index contributed by atoms with van der Waals surface area (Å²) in [6.45, 7) is 6.25. The molecule has 0 aliphatic carbocycles. The van der Waals surface area contributed by atoms with Crippen LogP contribution in [0.15, 0.2) is 24.3 Å². The van der Waals surface area contributed by atoms with E-state index in [-0.39, 0.29) is 36.7 Å². The Bertz CT molecular complexity index is 1320. The van der Waals surface area contributed by atoms with Crippen molar-refractivity contribution >= 4 is 35.1 Å². The lowest BCUT2D eigenvalue weighted by Crippen LogP contribution is -2.42. The molecule has 0 spiro atoms. The fourth-order valence-corrected chi connectivity index (χ4v) is 5.39. The van der Waals surface area contributed by atoms with Crippen LogP contribution in [-0.2, 0) is 16.1 Å². The highest BCUT2D eigenvalue weighted by atomic mass is 32.1. The molecule has 1 saturated heterocycles. The van der Waals surface area contributed by atoms with E-state index in [4.69, 9.17) is 4.98 Å². The number of nitrogens with zero attached hydrogens (tertiary/aromatic N) is 6. The lowest BCUT2D eigenvalue weighted by Gasteiger charge is -2.36. The number of rotatable bonds is 4. The summed E-state index contributed by atoms with van der Waals surface area (Å²) in [5, 5.41) is 3.44. The monoisotopic (exact) mass is 497 g/mol. The first-order valence-electron chi connectivity index (χ1n) is 11.3. The summed E-state index contributed by atoms with van der Waals surface area (Å²) in [6.07, 6.45) is 0.172. The maximum Gasteiger partial charge on any atom is 0.254 e. The minimum atomic E-state index is -0.417. The zero-order valence-electron chi connectivity index (χ0n) is 19.5. The van der Waals surface area contributed by atoms with Crippen LogP contribution < -0.4 is 10.2 Å². The van der Waals surface area contributed by atoms with E-state index in [2.05, 4.69) is 14.7 Å². The summed E-state index contributed by atoms with van der Waals surface area (Å²) in [7, 11) is 0. The van der Waals surface area contributed by atoms with Crippen molar-refractivity contribution in [2.45, 2.75) is 45.8 Å². The summed E-state index contributed by atoms with van der Waals surface area (Å²) >= 11 is 1.23. The van der Waals surface area contributed by atoms with Crippen LogP contribution in [0.1, 0.15) is 48.2 Å². The van der Waals surface area contributed by atoms with Crippen molar-refractivity contribution in [3.05, 3.63) is 47.2 Å². The number of halogens is 1. The van der Waals surface area contributed by atoms with Crippen LogP contribution in [0.5, 0.6) is 0 Å². The first kappa shape index (κ1) is 23.1. The second-order valence-corrected chi connectivity index (χ2v) is 9.48. The Balaban J connectivity index is 1.55. The number of anilines is 1. The summed E-state index contributed by atoms with van der Waals surface area (Å²) in [5.74, 6) is 0.681. The van der Waals surface area contributed by atoms with Gasteiger partial charge in [-0.2, -0.15) is 4.37 Å². The Hall–Kier alpha value is -3.67. The molecule has 1 N–H and O–H groups in total. The summed E-state index contributed by atoms with van der Waals surface area (Å²) < 4.78 is 19.7. The fraction of sp³-hybridized carbons (Fsp3) is 0.391. The third-order valence-corrected chi connectivity index (χ3v) is 7.08. The zero-order valence-corrected chi connectivity index (χ0v) is 20.3. The van der Waals surface area contributed by atoms with Gasteiger partial charge in [-0.15, -0.1) is 0 Å². The molecule has 0 saturated carbocycles. The van der Waals surface area contributed by atoms with Crippen LogP contribution in [0, 0.1) is 12.7 Å². The third kappa shape index (κ3) is 4.18. The second-order valence-electron chi connectivity index (χ2n) is 8.73. The summed E-state index contributed by atoms with van der Waals surface area (Å²) in [5.41, 5.74) is 1.10. The summed E-state index contributed by atoms with van der Waals surface area (Å²) in [6, 6.07) is 4.72. The van der Waals surface area contributed by atoms with E-state index in [0.29, 0.717) is 46.8 Å². The van der Waals surface area contributed by atoms with Crippen LogP contribution in [-0.4, -0.2) is 60.7 Å². The van der Waals surface area contributed by atoms with Crippen LogP contribution in [0.4, 0.5) is 10.2 Å². The number of fused-ring (bicyclic) bond motifs is 1. The Morgan fingerprint density at radius 2 is 1.91 bits per heavy atom. The van der Waals surface area contributed by atoms with Crippen molar-refractivity contribution in [1.82, 2.24) is 29.1 Å². The van der Waals surface area contributed by atoms with Gasteiger partial charge in [0.25, 0.3) is 5.91 Å². The van der Waals surface area contributed by atoms with E-state index in [1.54, 1.807) is 16.7 Å². The van der Waals surface area contributed by atoms with E-state index in [0.717, 1.165) is 0 Å². The van der Waals surface area contributed by atoms with Gasteiger partial charge in [0.05, 0.1) is 17.8 Å². The van der Waals surface area contributed by atoms with Gasteiger partial charge in [-0.1, -0.05) is 0 Å². The predicted octanol–water partition coefficient (Wildman–Crippen LogP) is 2.31. The quantitative estimate of drug-likeness (QED) is 0.592. The lowest BCUT2D eigenvalue weighted by atomic mass is 10.1. The number of carbonyl (C=O) groups excluding carboxylic acids is 3. The molecule has 2 aliphatic rings. The first-order chi connectivity index (χ1) is 16.7. The highest BCUT2D eigenvalue weighted by Gasteiger charge is 2.40. The van der Waals surface area contributed by atoms with E-state index in [1.165, 1.54) is 42.7 Å². The highest BCUT2D eigenvalue weighted by molar-refractivity contribution is 7.09.